The molecule has 1 saturated heterocycles. The Hall–Kier alpha value is -0.130. The van der Waals surface area contributed by atoms with Crippen LogP contribution in [0, 0.1) is 0 Å². The summed E-state index contributed by atoms with van der Waals surface area (Å²) in [6.45, 7) is 0.741. The minimum absolute atomic E-state index is 0.0841. The fourth-order valence-electron chi connectivity index (χ4n) is 1.20. The summed E-state index contributed by atoms with van der Waals surface area (Å²) >= 11 is 0. The van der Waals surface area contributed by atoms with Gasteiger partial charge in [0, 0.05) is 13.1 Å². The van der Waals surface area contributed by atoms with E-state index >= 15 is 0 Å². The van der Waals surface area contributed by atoms with E-state index in [1.165, 1.54) is 4.31 Å². The van der Waals surface area contributed by atoms with Gasteiger partial charge in [-0.1, -0.05) is 0 Å². The maximum atomic E-state index is 11.2. The molecule has 1 N–H and O–H groups in total. The quantitative estimate of drug-likeness (QED) is 0.616. The number of sulfonamides is 1. The number of β-amino-alcohol motifs (C(OH)–C–C–N with tert-alkyl or cyclic N) is 1. The molecule has 1 heterocycles. The van der Waals surface area contributed by atoms with Crippen LogP contribution in [0.15, 0.2) is 0 Å². The van der Waals surface area contributed by atoms with E-state index in [4.69, 9.17) is 5.11 Å². The van der Waals surface area contributed by atoms with Crippen LogP contribution in [-0.2, 0) is 10.0 Å². The average molecular weight is 179 g/mol. The Bertz CT molecular complexity index is 210. The van der Waals surface area contributed by atoms with Crippen molar-refractivity contribution >= 4 is 10.0 Å². The number of nitrogens with zero attached hydrogens (tertiary/aromatic N) is 1. The number of rotatable bonds is 2. The van der Waals surface area contributed by atoms with E-state index in [1.54, 1.807) is 0 Å². The first-order valence-electron chi connectivity index (χ1n) is 3.75. The highest BCUT2D eigenvalue weighted by Crippen LogP contribution is 2.12. The Morgan fingerprint density at radius 2 is 2.09 bits per heavy atom. The van der Waals surface area contributed by atoms with Crippen LogP contribution in [0.5, 0.6) is 0 Å². The molecule has 0 atom stereocenters. The van der Waals surface area contributed by atoms with Crippen LogP contribution in [0.2, 0.25) is 0 Å². The summed E-state index contributed by atoms with van der Waals surface area (Å²) in [5, 5.41) is 8.54. The summed E-state index contributed by atoms with van der Waals surface area (Å²) in [6.07, 6.45) is 1.67. The highest BCUT2D eigenvalue weighted by atomic mass is 32.2. The molecular weight excluding hydrogens is 166 g/mol. The maximum Gasteiger partial charge on any atom is 0.214 e. The third kappa shape index (κ3) is 2.15. The maximum absolute atomic E-state index is 11.2. The molecule has 4 nitrogen and oxygen atoms in total. The molecule has 1 fully saturated rings. The molecule has 0 saturated carbocycles. The Morgan fingerprint density at radius 1 is 1.36 bits per heavy atom. The second-order valence-electron chi connectivity index (χ2n) is 2.65. The number of hydrogen-bond donors (Lipinski definition) is 1. The van der Waals surface area contributed by atoms with Crippen molar-refractivity contribution in [2.24, 2.45) is 0 Å². The van der Waals surface area contributed by atoms with Crippen molar-refractivity contribution in [2.45, 2.75) is 12.8 Å². The van der Waals surface area contributed by atoms with Crippen LogP contribution in [-0.4, -0.2) is 43.3 Å². The summed E-state index contributed by atoms with van der Waals surface area (Å²) < 4.78 is 23.7. The zero-order chi connectivity index (χ0) is 8.32. The van der Waals surface area contributed by atoms with Gasteiger partial charge in [-0.05, 0) is 12.8 Å². The fraction of sp³-hybridized carbons (Fsp3) is 1.00. The van der Waals surface area contributed by atoms with E-state index in [2.05, 4.69) is 0 Å². The minimum Gasteiger partial charge on any atom is -0.395 e. The third-order valence-electron chi connectivity index (χ3n) is 1.80. The van der Waals surface area contributed by atoms with Gasteiger partial charge in [0.15, 0.2) is 0 Å². The molecule has 5 heteroatoms. The number of aliphatic hydroxyl groups excluding tert-OH is 1. The van der Waals surface area contributed by atoms with Crippen molar-refractivity contribution < 1.29 is 13.5 Å². The Morgan fingerprint density at radius 3 is 2.64 bits per heavy atom. The van der Waals surface area contributed by atoms with Crippen molar-refractivity contribution in [3.05, 3.63) is 0 Å². The highest BCUT2D eigenvalue weighted by molar-refractivity contribution is 7.89. The van der Waals surface area contributed by atoms with E-state index in [-0.39, 0.29) is 18.9 Å². The molecule has 1 rings (SSSR count). The summed E-state index contributed by atoms with van der Waals surface area (Å²) in [5.41, 5.74) is 0. The second-order valence-corrected chi connectivity index (χ2v) is 4.73. The lowest BCUT2D eigenvalue weighted by Gasteiger charge is -2.25. The van der Waals surface area contributed by atoms with Gasteiger partial charge in [-0.15, -0.1) is 0 Å². The van der Waals surface area contributed by atoms with Crippen LogP contribution in [0.1, 0.15) is 12.8 Å². The SMILES string of the molecule is O=S1(=O)CCCCN1CCO. The van der Waals surface area contributed by atoms with E-state index in [1.807, 2.05) is 0 Å². The van der Waals surface area contributed by atoms with E-state index in [9.17, 15) is 8.42 Å². The van der Waals surface area contributed by atoms with E-state index < -0.39 is 10.0 Å². The van der Waals surface area contributed by atoms with Gasteiger partial charge in [0.05, 0.1) is 12.4 Å². The molecule has 1 aliphatic rings. The summed E-state index contributed by atoms with van der Waals surface area (Å²) in [4.78, 5) is 0. The number of hydrogen-bond acceptors (Lipinski definition) is 3. The molecular formula is C6H13NO3S. The zero-order valence-corrected chi connectivity index (χ0v) is 7.18. The van der Waals surface area contributed by atoms with Crippen molar-refractivity contribution in [1.29, 1.82) is 0 Å². The molecule has 0 spiro atoms. The summed E-state index contributed by atoms with van der Waals surface area (Å²) in [5.74, 6) is 0.243. The molecule has 66 valence electrons. The van der Waals surface area contributed by atoms with Gasteiger partial charge < -0.3 is 5.11 Å². The van der Waals surface area contributed by atoms with Crippen LogP contribution in [0.3, 0.4) is 0 Å². The standard InChI is InChI=1S/C6H13NO3S/c8-5-4-7-3-1-2-6-11(7,9)10/h8H,1-6H2. The first-order valence-corrected chi connectivity index (χ1v) is 5.36. The topological polar surface area (TPSA) is 57.6 Å². The first kappa shape index (κ1) is 8.96. The minimum atomic E-state index is -3.01. The van der Waals surface area contributed by atoms with Crippen molar-refractivity contribution in [3.63, 3.8) is 0 Å². The molecule has 0 aromatic rings. The largest absolute Gasteiger partial charge is 0.395 e. The van der Waals surface area contributed by atoms with Gasteiger partial charge in [0.25, 0.3) is 0 Å². The van der Waals surface area contributed by atoms with Gasteiger partial charge in [-0.3, -0.25) is 0 Å². The van der Waals surface area contributed by atoms with Crippen LogP contribution >= 0.6 is 0 Å². The molecule has 1 aliphatic heterocycles. The van der Waals surface area contributed by atoms with Gasteiger partial charge in [-0.25, -0.2) is 8.42 Å². The van der Waals surface area contributed by atoms with Gasteiger partial charge >= 0.3 is 0 Å². The summed E-state index contributed by atoms with van der Waals surface area (Å²) in [7, 11) is -3.01. The average Bonchev–Trinajstić information content (AvgIpc) is 1.94. The molecule has 11 heavy (non-hydrogen) atoms. The molecule has 0 bridgehead atoms. The van der Waals surface area contributed by atoms with Crippen molar-refractivity contribution in [1.82, 2.24) is 4.31 Å². The Kier molecular flexibility index (Phi) is 2.86. The first-order chi connectivity index (χ1) is 5.17. The van der Waals surface area contributed by atoms with E-state index in [0.29, 0.717) is 6.54 Å². The molecule has 0 aromatic carbocycles. The number of aliphatic hydroxyl groups is 1. The molecule has 0 aliphatic carbocycles. The highest BCUT2D eigenvalue weighted by Gasteiger charge is 2.24. The van der Waals surface area contributed by atoms with Crippen LogP contribution < -0.4 is 0 Å². The normalized spacial score (nSPS) is 25.2. The zero-order valence-electron chi connectivity index (χ0n) is 6.36. The van der Waals surface area contributed by atoms with Gasteiger partial charge in [-0.2, -0.15) is 4.31 Å². The predicted octanol–water partition coefficient (Wildman–Crippen LogP) is -0.596. The lowest BCUT2D eigenvalue weighted by Crippen LogP contribution is -2.39. The monoisotopic (exact) mass is 179 g/mol. The van der Waals surface area contributed by atoms with Crippen molar-refractivity contribution in [3.8, 4) is 0 Å². The van der Waals surface area contributed by atoms with E-state index in [0.717, 1.165) is 12.8 Å². The molecule has 0 aromatic heterocycles. The van der Waals surface area contributed by atoms with Crippen LogP contribution in [0.25, 0.3) is 0 Å². The molecule has 0 amide bonds. The van der Waals surface area contributed by atoms with Gasteiger partial charge in [0.2, 0.25) is 10.0 Å². The lowest BCUT2D eigenvalue weighted by atomic mass is 10.3. The predicted molar refractivity (Wildman–Crippen MR) is 41.7 cm³/mol. The second kappa shape index (κ2) is 3.51. The molecule has 0 unspecified atom stereocenters. The van der Waals surface area contributed by atoms with Crippen molar-refractivity contribution in [2.75, 3.05) is 25.4 Å². The third-order valence-corrected chi connectivity index (χ3v) is 3.76. The Balaban J connectivity index is 2.60. The lowest BCUT2D eigenvalue weighted by molar-refractivity contribution is 0.248. The summed E-state index contributed by atoms with van der Waals surface area (Å²) in [6, 6.07) is 0. The molecule has 0 radical (unpaired) electrons. The van der Waals surface area contributed by atoms with Gasteiger partial charge in [0.1, 0.15) is 0 Å². The fourth-order valence-corrected chi connectivity index (χ4v) is 2.80. The Labute approximate surface area is 66.9 Å². The van der Waals surface area contributed by atoms with Crippen LogP contribution in [0.4, 0.5) is 0 Å². The smallest absolute Gasteiger partial charge is 0.214 e.